The van der Waals surface area contributed by atoms with E-state index < -0.39 is 0 Å². The molecule has 0 saturated heterocycles. The van der Waals surface area contributed by atoms with E-state index in [9.17, 15) is 4.79 Å². The van der Waals surface area contributed by atoms with Gasteiger partial charge in [-0.2, -0.15) is 0 Å². The standard InChI is InChI=1S/C19H30N2O/c1-16(14-17-8-5-6-9-17)19(22)21(13-7-12-20)15-18-10-3-2-4-11-18/h2-4,10-11,16-17H,5-9,12-15,20H2,1H3. The molecule has 0 spiro atoms. The maximum absolute atomic E-state index is 12.8. The molecule has 0 bridgehead atoms. The molecule has 2 rings (SSSR count). The van der Waals surface area contributed by atoms with Gasteiger partial charge < -0.3 is 10.6 Å². The molecular weight excluding hydrogens is 272 g/mol. The van der Waals surface area contributed by atoms with Crippen LogP contribution in [0.15, 0.2) is 30.3 Å². The zero-order valence-electron chi connectivity index (χ0n) is 13.8. The Morgan fingerprint density at radius 3 is 2.59 bits per heavy atom. The van der Waals surface area contributed by atoms with Crippen molar-refractivity contribution in [3.8, 4) is 0 Å². The Bertz CT molecular complexity index is 440. The van der Waals surface area contributed by atoms with Gasteiger partial charge in [0.25, 0.3) is 0 Å². The number of carbonyl (C=O) groups excluding carboxylic acids is 1. The molecule has 1 unspecified atom stereocenters. The molecule has 0 heterocycles. The van der Waals surface area contributed by atoms with Gasteiger partial charge in [-0.25, -0.2) is 0 Å². The monoisotopic (exact) mass is 302 g/mol. The van der Waals surface area contributed by atoms with Crippen LogP contribution in [-0.4, -0.2) is 23.9 Å². The second-order valence-corrected chi connectivity index (χ2v) is 6.67. The van der Waals surface area contributed by atoms with Crippen LogP contribution in [0.2, 0.25) is 0 Å². The fraction of sp³-hybridized carbons (Fsp3) is 0.632. The molecule has 0 radical (unpaired) electrons. The molecular formula is C19H30N2O. The third kappa shape index (κ3) is 5.13. The topological polar surface area (TPSA) is 46.3 Å². The first-order valence-electron chi connectivity index (χ1n) is 8.73. The van der Waals surface area contributed by atoms with Crippen LogP contribution in [0, 0.1) is 11.8 Å². The third-order valence-electron chi connectivity index (χ3n) is 4.74. The fourth-order valence-corrected chi connectivity index (χ4v) is 3.51. The van der Waals surface area contributed by atoms with Gasteiger partial charge in [0.05, 0.1) is 0 Å². The molecule has 1 aliphatic rings. The lowest BCUT2D eigenvalue weighted by molar-refractivity contribution is -0.136. The van der Waals surface area contributed by atoms with E-state index in [0.717, 1.165) is 25.3 Å². The molecule has 0 aromatic heterocycles. The van der Waals surface area contributed by atoms with Gasteiger partial charge in [-0.05, 0) is 30.9 Å². The maximum atomic E-state index is 12.8. The van der Waals surface area contributed by atoms with Crippen LogP contribution in [0.1, 0.15) is 51.0 Å². The Morgan fingerprint density at radius 1 is 1.27 bits per heavy atom. The summed E-state index contributed by atoms with van der Waals surface area (Å²) in [7, 11) is 0. The summed E-state index contributed by atoms with van der Waals surface area (Å²) in [6, 6.07) is 10.2. The number of benzene rings is 1. The van der Waals surface area contributed by atoms with Gasteiger partial charge in [0.15, 0.2) is 0 Å². The number of nitrogens with two attached hydrogens (primary N) is 1. The normalized spacial score (nSPS) is 16.6. The molecule has 2 N–H and O–H groups in total. The summed E-state index contributed by atoms with van der Waals surface area (Å²) in [6.45, 7) is 4.20. The second-order valence-electron chi connectivity index (χ2n) is 6.67. The smallest absolute Gasteiger partial charge is 0.225 e. The van der Waals surface area contributed by atoms with Gasteiger partial charge in [0, 0.05) is 19.0 Å². The van der Waals surface area contributed by atoms with Gasteiger partial charge in [0.2, 0.25) is 5.91 Å². The van der Waals surface area contributed by atoms with E-state index in [2.05, 4.69) is 19.1 Å². The fourth-order valence-electron chi connectivity index (χ4n) is 3.51. The van der Waals surface area contributed by atoms with Crippen molar-refractivity contribution >= 4 is 5.91 Å². The number of carbonyl (C=O) groups is 1. The SMILES string of the molecule is CC(CC1CCCC1)C(=O)N(CCCN)Cc1ccccc1. The molecule has 1 aliphatic carbocycles. The predicted molar refractivity (Wildman–Crippen MR) is 91.3 cm³/mol. The van der Waals surface area contributed by atoms with Crippen molar-refractivity contribution in [2.75, 3.05) is 13.1 Å². The summed E-state index contributed by atoms with van der Waals surface area (Å²) < 4.78 is 0. The van der Waals surface area contributed by atoms with Crippen LogP contribution in [0.4, 0.5) is 0 Å². The Balaban J connectivity index is 1.95. The molecule has 1 atom stereocenters. The largest absolute Gasteiger partial charge is 0.338 e. The highest BCUT2D eigenvalue weighted by Gasteiger charge is 2.25. The van der Waals surface area contributed by atoms with Crippen LogP contribution in [-0.2, 0) is 11.3 Å². The summed E-state index contributed by atoms with van der Waals surface area (Å²) in [5.74, 6) is 1.18. The summed E-state index contributed by atoms with van der Waals surface area (Å²) in [5, 5.41) is 0. The zero-order valence-corrected chi connectivity index (χ0v) is 13.8. The van der Waals surface area contributed by atoms with Gasteiger partial charge in [0.1, 0.15) is 0 Å². The highest BCUT2D eigenvalue weighted by Crippen LogP contribution is 2.31. The van der Waals surface area contributed by atoms with Crippen molar-refractivity contribution in [1.82, 2.24) is 4.90 Å². The van der Waals surface area contributed by atoms with Gasteiger partial charge in [-0.1, -0.05) is 62.9 Å². The first-order valence-corrected chi connectivity index (χ1v) is 8.73. The number of rotatable bonds is 8. The van der Waals surface area contributed by atoms with Crippen molar-refractivity contribution in [2.24, 2.45) is 17.6 Å². The minimum absolute atomic E-state index is 0.129. The maximum Gasteiger partial charge on any atom is 0.225 e. The molecule has 1 amide bonds. The van der Waals surface area contributed by atoms with Crippen LogP contribution in [0.25, 0.3) is 0 Å². The number of hydrogen-bond acceptors (Lipinski definition) is 2. The van der Waals surface area contributed by atoms with E-state index in [1.54, 1.807) is 0 Å². The van der Waals surface area contributed by atoms with Crippen molar-refractivity contribution in [1.29, 1.82) is 0 Å². The Hall–Kier alpha value is -1.35. The van der Waals surface area contributed by atoms with E-state index in [1.807, 2.05) is 23.1 Å². The molecule has 1 aromatic rings. The molecule has 0 aliphatic heterocycles. The van der Waals surface area contributed by atoms with E-state index in [-0.39, 0.29) is 5.92 Å². The molecule has 22 heavy (non-hydrogen) atoms. The first-order chi connectivity index (χ1) is 10.7. The molecule has 1 aromatic carbocycles. The van der Waals surface area contributed by atoms with E-state index in [4.69, 9.17) is 5.73 Å². The van der Waals surface area contributed by atoms with E-state index >= 15 is 0 Å². The van der Waals surface area contributed by atoms with Crippen LogP contribution < -0.4 is 5.73 Å². The minimum atomic E-state index is 0.129. The van der Waals surface area contributed by atoms with Crippen molar-refractivity contribution in [3.63, 3.8) is 0 Å². The Kier molecular flexibility index (Phi) is 6.91. The average molecular weight is 302 g/mol. The quantitative estimate of drug-likeness (QED) is 0.798. The van der Waals surface area contributed by atoms with E-state index in [0.29, 0.717) is 19.0 Å². The first kappa shape index (κ1) is 17.0. The molecule has 1 fully saturated rings. The highest BCUT2D eigenvalue weighted by molar-refractivity contribution is 5.78. The molecule has 1 saturated carbocycles. The second kappa shape index (κ2) is 8.94. The Labute approximate surface area is 134 Å². The minimum Gasteiger partial charge on any atom is -0.338 e. The average Bonchev–Trinajstić information content (AvgIpc) is 3.04. The lowest BCUT2D eigenvalue weighted by atomic mass is 9.93. The summed E-state index contributed by atoms with van der Waals surface area (Å²) in [6.07, 6.45) is 7.21. The van der Waals surface area contributed by atoms with E-state index in [1.165, 1.54) is 31.2 Å². The van der Waals surface area contributed by atoms with Crippen LogP contribution in [0.3, 0.4) is 0 Å². The van der Waals surface area contributed by atoms with Crippen LogP contribution in [0.5, 0.6) is 0 Å². The van der Waals surface area contributed by atoms with Crippen molar-refractivity contribution in [3.05, 3.63) is 35.9 Å². The lowest BCUT2D eigenvalue weighted by Gasteiger charge is -2.27. The van der Waals surface area contributed by atoms with Crippen molar-refractivity contribution in [2.45, 2.75) is 52.0 Å². The summed E-state index contributed by atoms with van der Waals surface area (Å²) in [4.78, 5) is 14.8. The predicted octanol–water partition coefficient (Wildman–Crippen LogP) is 3.58. The zero-order chi connectivity index (χ0) is 15.8. The molecule has 3 nitrogen and oxygen atoms in total. The van der Waals surface area contributed by atoms with Gasteiger partial charge in [-0.3, -0.25) is 4.79 Å². The Morgan fingerprint density at radius 2 is 1.95 bits per heavy atom. The summed E-state index contributed by atoms with van der Waals surface area (Å²) in [5.41, 5.74) is 6.84. The van der Waals surface area contributed by atoms with Gasteiger partial charge >= 0.3 is 0 Å². The number of nitrogens with zero attached hydrogens (tertiary/aromatic N) is 1. The highest BCUT2D eigenvalue weighted by atomic mass is 16.2. The molecule has 122 valence electrons. The number of amides is 1. The number of hydrogen-bond donors (Lipinski definition) is 1. The van der Waals surface area contributed by atoms with Crippen LogP contribution >= 0.6 is 0 Å². The third-order valence-corrected chi connectivity index (χ3v) is 4.74. The van der Waals surface area contributed by atoms with Gasteiger partial charge in [-0.15, -0.1) is 0 Å². The van der Waals surface area contributed by atoms with Crippen molar-refractivity contribution < 1.29 is 4.79 Å². The lowest BCUT2D eigenvalue weighted by Crippen LogP contribution is -2.36. The molecule has 3 heteroatoms. The summed E-state index contributed by atoms with van der Waals surface area (Å²) >= 11 is 0.